The van der Waals surface area contributed by atoms with Crippen LogP contribution in [0.15, 0.2) is 12.1 Å². The predicted molar refractivity (Wildman–Crippen MR) is 67.1 cm³/mol. The number of aromatic nitrogens is 2. The van der Waals surface area contributed by atoms with Gasteiger partial charge in [-0.15, -0.1) is 0 Å². The van der Waals surface area contributed by atoms with Crippen LogP contribution in [-0.2, 0) is 7.05 Å². The first kappa shape index (κ1) is 14.3. The molecule has 0 aliphatic carbocycles. The van der Waals surface area contributed by atoms with Crippen molar-refractivity contribution < 1.29 is 23.4 Å². The van der Waals surface area contributed by atoms with Gasteiger partial charge in [-0.25, -0.2) is 9.18 Å². The number of hydrogen-bond donors (Lipinski definition) is 1. The fraction of sp³-hybridized carbons (Fsp3) is 0.167. The molecule has 0 atom stereocenters. The van der Waals surface area contributed by atoms with E-state index in [9.17, 15) is 13.6 Å². The molecule has 0 saturated carbocycles. The Morgan fingerprint density at radius 3 is 2.55 bits per heavy atom. The predicted octanol–water partition coefficient (Wildman–Crippen LogP) is 2.73. The molecule has 0 unspecified atom stereocenters. The van der Waals surface area contributed by atoms with E-state index >= 15 is 0 Å². The van der Waals surface area contributed by atoms with Crippen molar-refractivity contribution in [2.45, 2.75) is 0 Å². The molecule has 8 heteroatoms. The normalized spacial score (nSPS) is 10.7. The topological polar surface area (TPSA) is 64.3 Å². The zero-order valence-electron chi connectivity index (χ0n) is 10.4. The lowest BCUT2D eigenvalue weighted by Crippen LogP contribution is -2.01. The van der Waals surface area contributed by atoms with E-state index in [-0.39, 0.29) is 22.0 Å². The Hall–Kier alpha value is -2.15. The number of hydrogen-bond acceptors (Lipinski definition) is 3. The van der Waals surface area contributed by atoms with Crippen LogP contribution in [0.4, 0.5) is 8.78 Å². The van der Waals surface area contributed by atoms with Gasteiger partial charge in [0.05, 0.1) is 17.8 Å². The number of ether oxygens (including phenoxy) is 1. The number of aromatic carboxylic acids is 1. The number of halogens is 3. The van der Waals surface area contributed by atoms with Crippen molar-refractivity contribution in [1.82, 2.24) is 9.78 Å². The summed E-state index contributed by atoms with van der Waals surface area (Å²) in [5, 5.41) is 12.4. The van der Waals surface area contributed by atoms with Gasteiger partial charge in [0.1, 0.15) is 0 Å². The van der Waals surface area contributed by atoms with Crippen LogP contribution in [0.25, 0.3) is 11.3 Å². The first-order valence-electron chi connectivity index (χ1n) is 5.36. The van der Waals surface area contributed by atoms with Gasteiger partial charge in [-0.05, 0) is 12.1 Å². The largest absolute Gasteiger partial charge is 0.492 e. The zero-order valence-corrected chi connectivity index (χ0v) is 11.2. The molecule has 0 aliphatic rings. The molecule has 1 aromatic carbocycles. The van der Waals surface area contributed by atoms with Gasteiger partial charge in [0.2, 0.25) is 5.82 Å². The molecule has 5 nitrogen and oxygen atoms in total. The van der Waals surface area contributed by atoms with Gasteiger partial charge in [0.25, 0.3) is 0 Å². The standard InChI is InChI=1S/C12H9ClF2N2O3/c1-17-8(4-7(16-17)12(18)19)5-3-6(13)11(20-2)10(15)9(5)14/h3-4H,1-2H3,(H,18,19). The molecule has 2 rings (SSSR count). The minimum atomic E-state index is -1.27. The number of benzene rings is 1. The summed E-state index contributed by atoms with van der Waals surface area (Å²) in [5.41, 5.74) is -0.395. The van der Waals surface area contributed by atoms with Crippen LogP contribution in [0, 0.1) is 11.6 Å². The fourth-order valence-corrected chi connectivity index (χ4v) is 2.04. The number of aryl methyl sites for hydroxylation is 1. The van der Waals surface area contributed by atoms with Crippen molar-refractivity contribution in [2.75, 3.05) is 7.11 Å². The Balaban J connectivity index is 2.67. The first-order valence-corrected chi connectivity index (χ1v) is 5.73. The lowest BCUT2D eigenvalue weighted by molar-refractivity contribution is 0.0689. The van der Waals surface area contributed by atoms with E-state index in [1.165, 1.54) is 7.05 Å². The highest BCUT2D eigenvalue weighted by Gasteiger charge is 2.22. The van der Waals surface area contributed by atoms with Crippen molar-refractivity contribution in [2.24, 2.45) is 7.05 Å². The summed E-state index contributed by atoms with van der Waals surface area (Å²) in [6.07, 6.45) is 0. The van der Waals surface area contributed by atoms with Gasteiger partial charge in [-0.3, -0.25) is 4.68 Å². The summed E-state index contributed by atoms with van der Waals surface area (Å²) in [6.45, 7) is 0. The Labute approximate surface area is 117 Å². The lowest BCUT2D eigenvalue weighted by Gasteiger charge is -2.09. The summed E-state index contributed by atoms with van der Waals surface area (Å²) >= 11 is 5.80. The average molecular weight is 303 g/mol. The Kier molecular flexibility index (Phi) is 3.63. The molecule has 1 N–H and O–H groups in total. The van der Waals surface area contributed by atoms with Gasteiger partial charge in [-0.1, -0.05) is 11.6 Å². The van der Waals surface area contributed by atoms with Crippen LogP contribution < -0.4 is 4.74 Å². The van der Waals surface area contributed by atoms with Crippen LogP contribution in [0.1, 0.15) is 10.5 Å². The van der Waals surface area contributed by atoms with E-state index in [2.05, 4.69) is 9.84 Å². The molecular weight excluding hydrogens is 294 g/mol. The SMILES string of the molecule is COc1c(Cl)cc(-c2cc(C(=O)O)nn2C)c(F)c1F. The van der Waals surface area contributed by atoms with Gasteiger partial charge in [0.15, 0.2) is 17.3 Å². The summed E-state index contributed by atoms with van der Waals surface area (Å²) in [4.78, 5) is 10.8. The van der Waals surface area contributed by atoms with E-state index in [1.54, 1.807) is 0 Å². The molecule has 0 amide bonds. The van der Waals surface area contributed by atoms with E-state index in [0.717, 1.165) is 23.9 Å². The quantitative estimate of drug-likeness (QED) is 0.885. The maximum atomic E-state index is 14.0. The highest BCUT2D eigenvalue weighted by molar-refractivity contribution is 6.32. The smallest absolute Gasteiger partial charge is 0.356 e. The molecule has 1 aromatic heterocycles. The van der Waals surface area contributed by atoms with Gasteiger partial charge < -0.3 is 9.84 Å². The molecule has 0 fully saturated rings. The van der Waals surface area contributed by atoms with Crippen molar-refractivity contribution in [1.29, 1.82) is 0 Å². The highest BCUT2D eigenvalue weighted by atomic mass is 35.5. The molecule has 0 radical (unpaired) electrons. The molecular formula is C12H9ClF2N2O3. The van der Waals surface area contributed by atoms with Crippen LogP contribution >= 0.6 is 11.6 Å². The van der Waals surface area contributed by atoms with Crippen LogP contribution in [0.3, 0.4) is 0 Å². The molecule has 0 bridgehead atoms. The van der Waals surface area contributed by atoms with E-state index in [0.29, 0.717) is 0 Å². The van der Waals surface area contributed by atoms with E-state index < -0.39 is 23.4 Å². The van der Waals surface area contributed by atoms with Crippen LogP contribution in [-0.4, -0.2) is 28.0 Å². The molecule has 1 heterocycles. The second-order valence-electron chi connectivity index (χ2n) is 3.91. The Morgan fingerprint density at radius 1 is 1.40 bits per heavy atom. The fourth-order valence-electron chi connectivity index (χ4n) is 1.78. The third-order valence-corrected chi connectivity index (χ3v) is 2.98. The number of nitrogens with zero attached hydrogens (tertiary/aromatic N) is 2. The molecule has 20 heavy (non-hydrogen) atoms. The first-order chi connectivity index (χ1) is 9.36. The number of carbonyl (C=O) groups is 1. The van der Waals surface area contributed by atoms with Crippen molar-refractivity contribution in [3.63, 3.8) is 0 Å². The minimum absolute atomic E-state index is 0.0864. The molecule has 106 valence electrons. The molecule has 2 aromatic rings. The van der Waals surface area contributed by atoms with Gasteiger partial charge in [0, 0.05) is 12.6 Å². The van der Waals surface area contributed by atoms with Crippen molar-refractivity contribution in [3.05, 3.63) is 34.5 Å². The Bertz CT molecular complexity index is 700. The van der Waals surface area contributed by atoms with Gasteiger partial charge >= 0.3 is 5.97 Å². The second-order valence-corrected chi connectivity index (χ2v) is 4.32. The van der Waals surface area contributed by atoms with Crippen LogP contribution in [0.2, 0.25) is 5.02 Å². The molecule has 0 saturated heterocycles. The van der Waals surface area contributed by atoms with Crippen molar-refractivity contribution >= 4 is 17.6 Å². The second kappa shape index (κ2) is 5.09. The average Bonchev–Trinajstić information content (AvgIpc) is 2.77. The number of carboxylic acid groups (broad SMARTS) is 1. The van der Waals surface area contributed by atoms with E-state index in [4.69, 9.17) is 16.7 Å². The number of carboxylic acids is 1. The van der Waals surface area contributed by atoms with Gasteiger partial charge in [-0.2, -0.15) is 9.49 Å². The third kappa shape index (κ3) is 2.20. The monoisotopic (exact) mass is 302 g/mol. The maximum absolute atomic E-state index is 14.0. The summed E-state index contributed by atoms with van der Waals surface area (Å²) in [7, 11) is 2.58. The summed E-state index contributed by atoms with van der Waals surface area (Å²) in [6, 6.07) is 2.28. The number of methoxy groups -OCH3 is 1. The lowest BCUT2D eigenvalue weighted by atomic mass is 10.1. The maximum Gasteiger partial charge on any atom is 0.356 e. The molecule has 0 aliphatic heterocycles. The van der Waals surface area contributed by atoms with Crippen molar-refractivity contribution in [3.8, 4) is 17.0 Å². The zero-order chi connectivity index (χ0) is 15.0. The highest BCUT2D eigenvalue weighted by Crippen LogP contribution is 2.36. The van der Waals surface area contributed by atoms with Crippen LogP contribution in [0.5, 0.6) is 5.75 Å². The summed E-state index contributed by atoms with van der Waals surface area (Å²) in [5.74, 6) is -4.11. The minimum Gasteiger partial charge on any atom is -0.492 e. The third-order valence-electron chi connectivity index (χ3n) is 2.70. The Morgan fingerprint density at radius 2 is 2.05 bits per heavy atom. The number of rotatable bonds is 3. The summed E-state index contributed by atoms with van der Waals surface area (Å²) < 4.78 is 33.6. The molecule has 0 spiro atoms. The van der Waals surface area contributed by atoms with E-state index in [1.807, 2.05) is 0 Å².